The summed E-state index contributed by atoms with van der Waals surface area (Å²) in [7, 11) is 0. The molecule has 0 unspecified atom stereocenters. The van der Waals surface area contributed by atoms with Gasteiger partial charge in [0.1, 0.15) is 5.00 Å². The number of esters is 1. The Morgan fingerprint density at radius 3 is 2.39 bits per heavy atom. The molecule has 0 bridgehead atoms. The van der Waals surface area contributed by atoms with Crippen molar-refractivity contribution in [3.8, 4) is 10.4 Å². The zero-order valence-electron chi connectivity index (χ0n) is 16.4. The molecule has 150 valence electrons. The van der Waals surface area contributed by atoms with Gasteiger partial charge in [-0.2, -0.15) is 0 Å². The van der Waals surface area contributed by atoms with Crippen LogP contribution in [-0.4, -0.2) is 67.6 Å². The van der Waals surface area contributed by atoms with Crippen LogP contribution in [0, 0.1) is 0 Å². The Labute approximate surface area is 170 Å². The van der Waals surface area contributed by atoms with Gasteiger partial charge in [0.05, 0.1) is 18.7 Å². The first-order chi connectivity index (χ1) is 13.6. The molecule has 0 spiro atoms. The topological polar surface area (TPSA) is 61.9 Å². The fourth-order valence-corrected chi connectivity index (χ4v) is 4.29. The Morgan fingerprint density at radius 1 is 1.07 bits per heavy atom. The van der Waals surface area contributed by atoms with Gasteiger partial charge in [-0.05, 0) is 25.1 Å². The van der Waals surface area contributed by atoms with Crippen LogP contribution in [0.2, 0.25) is 0 Å². The maximum Gasteiger partial charge on any atom is 0.341 e. The second-order valence-electron chi connectivity index (χ2n) is 6.70. The van der Waals surface area contributed by atoms with Crippen LogP contribution in [0.3, 0.4) is 0 Å². The molecule has 0 aliphatic carbocycles. The molecule has 0 saturated carbocycles. The molecule has 3 rings (SSSR count). The lowest BCUT2D eigenvalue weighted by molar-refractivity contribution is -0.117. The summed E-state index contributed by atoms with van der Waals surface area (Å²) in [5.41, 5.74) is 1.42. The van der Waals surface area contributed by atoms with Crippen LogP contribution >= 0.6 is 11.3 Å². The number of carbonyl (C=O) groups excluding carboxylic acids is 2. The summed E-state index contributed by atoms with van der Waals surface area (Å²) in [6, 6.07) is 11.6. The maximum atomic E-state index is 12.6. The number of thiophene rings is 1. The van der Waals surface area contributed by atoms with Crippen molar-refractivity contribution in [1.82, 2.24) is 9.80 Å². The first-order valence-corrected chi connectivity index (χ1v) is 10.5. The summed E-state index contributed by atoms with van der Waals surface area (Å²) < 4.78 is 5.17. The predicted molar refractivity (Wildman–Crippen MR) is 113 cm³/mol. The van der Waals surface area contributed by atoms with Crippen molar-refractivity contribution < 1.29 is 14.3 Å². The number of benzene rings is 1. The van der Waals surface area contributed by atoms with Gasteiger partial charge in [0.2, 0.25) is 5.91 Å². The molecule has 1 saturated heterocycles. The van der Waals surface area contributed by atoms with Gasteiger partial charge in [-0.1, -0.05) is 37.3 Å². The monoisotopic (exact) mass is 401 g/mol. The van der Waals surface area contributed by atoms with Gasteiger partial charge in [0, 0.05) is 31.1 Å². The first kappa shape index (κ1) is 20.5. The number of likely N-dealkylation sites (N-methyl/N-ethyl adjacent to an activating group) is 1. The minimum atomic E-state index is -0.409. The Balaban J connectivity index is 1.71. The van der Waals surface area contributed by atoms with E-state index in [0.717, 1.165) is 43.2 Å². The molecule has 0 radical (unpaired) electrons. The largest absolute Gasteiger partial charge is 0.462 e. The summed E-state index contributed by atoms with van der Waals surface area (Å²) in [6.45, 7) is 9.32. The number of rotatable bonds is 7. The zero-order valence-corrected chi connectivity index (χ0v) is 17.3. The molecule has 0 atom stereocenters. The quantitative estimate of drug-likeness (QED) is 0.722. The van der Waals surface area contributed by atoms with Crippen LogP contribution in [0.1, 0.15) is 24.2 Å². The van der Waals surface area contributed by atoms with Crippen LogP contribution in [-0.2, 0) is 9.53 Å². The number of hydrogen-bond donors (Lipinski definition) is 1. The van der Waals surface area contributed by atoms with Crippen molar-refractivity contribution in [1.29, 1.82) is 0 Å². The van der Waals surface area contributed by atoms with Gasteiger partial charge in [0.15, 0.2) is 0 Å². The molecule has 1 aromatic carbocycles. The van der Waals surface area contributed by atoms with E-state index in [2.05, 4.69) is 22.0 Å². The average Bonchev–Trinajstić information content (AvgIpc) is 3.13. The third-order valence-electron chi connectivity index (χ3n) is 4.82. The van der Waals surface area contributed by atoms with Gasteiger partial charge in [-0.3, -0.25) is 9.69 Å². The number of ether oxygens (including phenoxy) is 1. The summed E-state index contributed by atoms with van der Waals surface area (Å²) in [5.74, 6) is -0.509. The van der Waals surface area contributed by atoms with Gasteiger partial charge in [-0.25, -0.2) is 4.79 Å². The molecule has 1 fully saturated rings. The average molecular weight is 402 g/mol. The molecule has 1 aliphatic rings. The van der Waals surface area contributed by atoms with Gasteiger partial charge in [-0.15, -0.1) is 11.3 Å². The van der Waals surface area contributed by atoms with Crippen LogP contribution in [0.5, 0.6) is 0 Å². The highest BCUT2D eigenvalue weighted by atomic mass is 32.1. The van der Waals surface area contributed by atoms with E-state index in [1.165, 1.54) is 11.3 Å². The Hall–Kier alpha value is -2.22. The normalized spacial score (nSPS) is 15.4. The van der Waals surface area contributed by atoms with E-state index in [9.17, 15) is 9.59 Å². The summed E-state index contributed by atoms with van der Waals surface area (Å²) in [4.78, 5) is 30.4. The molecule has 6 nitrogen and oxygen atoms in total. The fraction of sp³-hybridized carbons (Fsp3) is 0.429. The van der Waals surface area contributed by atoms with E-state index >= 15 is 0 Å². The standard InChI is InChI=1S/C21H27N3O3S/c1-3-23-10-12-24(13-11-23)15-19(25)22-20-17(21(26)27-4-2)14-18(28-20)16-8-6-5-7-9-16/h5-9,14H,3-4,10-13,15H2,1-2H3,(H,22,25). The summed E-state index contributed by atoms with van der Waals surface area (Å²) in [5, 5.41) is 3.49. The number of carbonyl (C=O) groups is 2. The van der Waals surface area contributed by atoms with E-state index in [0.29, 0.717) is 23.7 Å². The third kappa shape index (κ3) is 5.19. The lowest BCUT2D eigenvalue weighted by Gasteiger charge is -2.33. The second kappa shape index (κ2) is 9.82. The Kier molecular flexibility index (Phi) is 7.19. The lowest BCUT2D eigenvalue weighted by Crippen LogP contribution is -2.48. The third-order valence-corrected chi connectivity index (χ3v) is 5.92. The highest BCUT2D eigenvalue weighted by Gasteiger charge is 2.22. The molecule has 1 aliphatic heterocycles. The number of amides is 1. The summed E-state index contributed by atoms with van der Waals surface area (Å²) in [6.07, 6.45) is 0. The first-order valence-electron chi connectivity index (χ1n) is 9.71. The molecule has 7 heteroatoms. The summed E-state index contributed by atoms with van der Waals surface area (Å²) >= 11 is 1.40. The van der Waals surface area contributed by atoms with Crippen molar-refractivity contribution in [3.63, 3.8) is 0 Å². The van der Waals surface area contributed by atoms with Crippen molar-refractivity contribution in [2.24, 2.45) is 0 Å². The fourth-order valence-electron chi connectivity index (χ4n) is 3.22. The van der Waals surface area contributed by atoms with Gasteiger partial charge >= 0.3 is 5.97 Å². The van der Waals surface area contributed by atoms with E-state index < -0.39 is 5.97 Å². The highest BCUT2D eigenvalue weighted by Crippen LogP contribution is 2.35. The number of nitrogens with one attached hydrogen (secondary N) is 1. The van der Waals surface area contributed by atoms with E-state index in [1.54, 1.807) is 13.0 Å². The van der Waals surface area contributed by atoms with Crippen LogP contribution < -0.4 is 5.32 Å². The maximum absolute atomic E-state index is 12.6. The molecule has 28 heavy (non-hydrogen) atoms. The minimum absolute atomic E-state index is 0.100. The van der Waals surface area contributed by atoms with Crippen LogP contribution in [0.4, 0.5) is 5.00 Å². The van der Waals surface area contributed by atoms with Crippen LogP contribution in [0.15, 0.2) is 36.4 Å². The van der Waals surface area contributed by atoms with Crippen molar-refractivity contribution in [2.75, 3.05) is 51.2 Å². The molecule has 1 aromatic heterocycles. The molecule has 1 amide bonds. The van der Waals surface area contributed by atoms with Crippen molar-refractivity contribution >= 4 is 28.2 Å². The molecular weight excluding hydrogens is 374 g/mol. The highest BCUT2D eigenvalue weighted by molar-refractivity contribution is 7.20. The minimum Gasteiger partial charge on any atom is -0.462 e. The van der Waals surface area contributed by atoms with Gasteiger partial charge < -0.3 is 15.0 Å². The zero-order chi connectivity index (χ0) is 19.9. The Bertz CT molecular complexity index is 798. The second-order valence-corrected chi connectivity index (χ2v) is 7.75. The SMILES string of the molecule is CCOC(=O)c1cc(-c2ccccc2)sc1NC(=O)CN1CCN(CC)CC1. The van der Waals surface area contributed by atoms with E-state index in [4.69, 9.17) is 4.74 Å². The van der Waals surface area contributed by atoms with E-state index in [1.807, 2.05) is 30.3 Å². The number of piperazine rings is 1. The molecular formula is C21H27N3O3S. The molecule has 2 aromatic rings. The van der Waals surface area contributed by atoms with Gasteiger partial charge in [0.25, 0.3) is 0 Å². The Morgan fingerprint density at radius 2 is 1.75 bits per heavy atom. The van der Waals surface area contributed by atoms with Crippen LogP contribution in [0.25, 0.3) is 10.4 Å². The molecule has 2 heterocycles. The number of nitrogens with zero attached hydrogens (tertiary/aromatic N) is 2. The smallest absolute Gasteiger partial charge is 0.341 e. The van der Waals surface area contributed by atoms with Crippen molar-refractivity contribution in [2.45, 2.75) is 13.8 Å². The van der Waals surface area contributed by atoms with Crippen molar-refractivity contribution in [3.05, 3.63) is 42.0 Å². The predicted octanol–water partition coefficient (Wildman–Crippen LogP) is 3.17. The molecule has 1 N–H and O–H groups in total. The number of anilines is 1. The van der Waals surface area contributed by atoms with E-state index in [-0.39, 0.29) is 5.91 Å². The lowest BCUT2D eigenvalue weighted by atomic mass is 10.1. The number of hydrogen-bond acceptors (Lipinski definition) is 6.